The van der Waals surface area contributed by atoms with Crippen molar-refractivity contribution in [2.45, 2.75) is 129 Å². The van der Waals surface area contributed by atoms with Crippen LogP contribution in [0.3, 0.4) is 0 Å². The molecule has 0 unspecified atom stereocenters. The molecule has 0 bridgehead atoms. The number of nitrogens with zero attached hydrogens (tertiary/aromatic N) is 1. The minimum Gasteiger partial charge on any atom is -0.480 e. The number of rotatable bonds is 8. The van der Waals surface area contributed by atoms with Gasteiger partial charge in [-0.05, 0) is 88.2 Å². The standard InChI is InChI=1S/C33H48N2O5/c1-20(2)15-24-16-21(3)33(40-24)13-12-31(5)17-25-29-23(10-11-28(31)33)19-35(27(29)18-32(25,6)39)14-8-7-9-26(30(37)38)34-22(4)36/h10-11,15,19,21,24-26,28,39H,7-9,12-14,16-18H2,1-6H3,(H,34,36)(H,37,38)/b11-10-/t21-,24-,25-,26-,28+,31+,32+,33-/m0/s1. The van der Waals surface area contributed by atoms with Crippen molar-refractivity contribution in [3.05, 3.63) is 40.7 Å². The fourth-order valence-electron chi connectivity index (χ4n) is 8.62. The van der Waals surface area contributed by atoms with Gasteiger partial charge in [0.2, 0.25) is 5.91 Å². The van der Waals surface area contributed by atoms with Crippen molar-refractivity contribution < 1.29 is 24.5 Å². The highest BCUT2D eigenvalue weighted by Gasteiger charge is 2.62. The number of aryl methyl sites for hydroxylation is 1. The number of hydrogen-bond acceptors (Lipinski definition) is 4. The topological polar surface area (TPSA) is 101 Å². The Labute approximate surface area is 239 Å². The number of aliphatic hydroxyl groups is 1. The second-order valence-corrected chi connectivity index (χ2v) is 14.0. The minimum absolute atomic E-state index is 0.0518. The van der Waals surface area contributed by atoms with Crippen molar-refractivity contribution in [1.82, 2.24) is 9.88 Å². The molecule has 2 heterocycles. The molecule has 7 heteroatoms. The zero-order chi connectivity index (χ0) is 29.0. The molecule has 3 N–H and O–H groups in total. The van der Waals surface area contributed by atoms with Gasteiger partial charge >= 0.3 is 5.97 Å². The number of hydrogen-bond donors (Lipinski definition) is 3. The Balaban J connectivity index is 1.39. The lowest BCUT2D eigenvalue weighted by Crippen LogP contribution is -2.44. The number of ether oxygens (including phenoxy) is 1. The van der Waals surface area contributed by atoms with E-state index >= 15 is 0 Å². The van der Waals surface area contributed by atoms with Crippen molar-refractivity contribution in [3.63, 3.8) is 0 Å². The van der Waals surface area contributed by atoms with Gasteiger partial charge in [-0.3, -0.25) is 4.79 Å². The monoisotopic (exact) mass is 552 g/mol. The highest BCUT2D eigenvalue weighted by atomic mass is 16.5. The number of fused-ring (bicyclic) bond motifs is 2. The van der Waals surface area contributed by atoms with E-state index in [1.54, 1.807) is 0 Å². The summed E-state index contributed by atoms with van der Waals surface area (Å²) in [6.07, 6.45) is 16.1. The molecule has 8 atom stereocenters. The average molecular weight is 553 g/mol. The Kier molecular flexibility index (Phi) is 7.62. The largest absolute Gasteiger partial charge is 0.480 e. The van der Waals surface area contributed by atoms with E-state index in [0.717, 1.165) is 38.6 Å². The van der Waals surface area contributed by atoms with Gasteiger partial charge in [-0.1, -0.05) is 37.6 Å². The maximum atomic E-state index is 11.8. The van der Waals surface area contributed by atoms with Crippen LogP contribution >= 0.6 is 0 Å². The number of carbonyl (C=O) groups is 2. The quantitative estimate of drug-likeness (QED) is 0.288. The van der Waals surface area contributed by atoms with Crippen LogP contribution in [0.1, 0.15) is 109 Å². The number of aliphatic carboxylic acids is 1. The van der Waals surface area contributed by atoms with Crippen LogP contribution in [0.5, 0.6) is 0 Å². The van der Waals surface area contributed by atoms with Crippen LogP contribution in [0.4, 0.5) is 0 Å². The number of carbonyl (C=O) groups excluding carboxylic acids is 1. The lowest BCUT2D eigenvalue weighted by Gasteiger charge is -2.43. The second-order valence-electron chi connectivity index (χ2n) is 14.0. The van der Waals surface area contributed by atoms with Crippen LogP contribution < -0.4 is 5.32 Å². The molecule has 2 fully saturated rings. The lowest BCUT2D eigenvalue weighted by atomic mass is 9.64. The van der Waals surface area contributed by atoms with E-state index in [2.05, 4.69) is 62.0 Å². The molecule has 0 radical (unpaired) electrons. The van der Waals surface area contributed by atoms with Crippen LogP contribution in [0.2, 0.25) is 0 Å². The summed E-state index contributed by atoms with van der Waals surface area (Å²) in [5.41, 5.74) is 4.11. The van der Waals surface area contributed by atoms with E-state index in [4.69, 9.17) is 4.74 Å². The van der Waals surface area contributed by atoms with Crippen molar-refractivity contribution >= 4 is 18.0 Å². The Hall–Kier alpha value is -2.38. The number of aromatic nitrogens is 1. The van der Waals surface area contributed by atoms with Crippen molar-refractivity contribution in [3.8, 4) is 0 Å². The molecule has 3 aliphatic carbocycles. The van der Waals surface area contributed by atoms with E-state index in [-0.39, 0.29) is 28.9 Å². The molecule has 1 aromatic heterocycles. The van der Waals surface area contributed by atoms with Gasteiger partial charge in [0, 0.05) is 43.6 Å². The van der Waals surface area contributed by atoms with E-state index < -0.39 is 17.6 Å². The van der Waals surface area contributed by atoms with E-state index in [1.807, 2.05) is 6.92 Å². The van der Waals surface area contributed by atoms with Gasteiger partial charge < -0.3 is 24.8 Å². The van der Waals surface area contributed by atoms with Crippen LogP contribution in [-0.2, 0) is 27.3 Å². The summed E-state index contributed by atoms with van der Waals surface area (Å²) in [6.45, 7) is 13.2. The summed E-state index contributed by atoms with van der Waals surface area (Å²) in [5.74, 6) is -0.474. The summed E-state index contributed by atoms with van der Waals surface area (Å²) < 4.78 is 9.24. The predicted molar refractivity (Wildman–Crippen MR) is 156 cm³/mol. The van der Waals surface area contributed by atoms with Crippen molar-refractivity contribution in [2.24, 2.45) is 17.3 Å². The van der Waals surface area contributed by atoms with Gasteiger partial charge in [-0.25, -0.2) is 4.79 Å². The first-order valence-electron chi connectivity index (χ1n) is 15.2. The first-order valence-corrected chi connectivity index (χ1v) is 15.2. The molecule has 0 aromatic carbocycles. The Morgan fingerprint density at radius 1 is 1.23 bits per heavy atom. The molecule has 40 heavy (non-hydrogen) atoms. The van der Waals surface area contributed by atoms with Gasteiger partial charge in [-0.15, -0.1) is 0 Å². The molecule has 4 aliphatic rings. The van der Waals surface area contributed by atoms with Gasteiger partial charge in [0.25, 0.3) is 0 Å². The third-order valence-electron chi connectivity index (χ3n) is 10.5. The molecule has 7 nitrogen and oxygen atoms in total. The highest BCUT2D eigenvalue weighted by Crippen LogP contribution is 2.64. The molecule has 1 saturated heterocycles. The highest BCUT2D eigenvalue weighted by molar-refractivity contribution is 5.81. The SMILES string of the molecule is CC(=O)N[C@@H](CCCCn1cc2c3c1C[C@@](C)(O)[C@H]3C[C@@]1(C)CC[C@@]3(O[C@@H](C=C(C)C)C[C@@H]3C)[C@@H]1/C=C\2)C(=O)O. The van der Waals surface area contributed by atoms with Crippen molar-refractivity contribution in [2.75, 3.05) is 0 Å². The molecule has 220 valence electrons. The Morgan fingerprint density at radius 2 is 1.98 bits per heavy atom. The number of nitrogens with one attached hydrogen (secondary N) is 1. The number of carboxylic acid groups (broad SMARTS) is 1. The molecule has 1 aliphatic heterocycles. The molecule has 1 spiro atoms. The number of amides is 1. The van der Waals surface area contributed by atoms with Gasteiger partial charge in [-0.2, -0.15) is 0 Å². The number of allylic oxidation sites excluding steroid dienone is 1. The van der Waals surface area contributed by atoms with Gasteiger partial charge in [0.05, 0.1) is 17.3 Å². The summed E-state index contributed by atoms with van der Waals surface area (Å²) in [4.78, 5) is 22.9. The summed E-state index contributed by atoms with van der Waals surface area (Å²) in [5, 5.41) is 23.7. The Bertz CT molecular complexity index is 1220. The summed E-state index contributed by atoms with van der Waals surface area (Å²) >= 11 is 0. The minimum atomic E-state index is -0.994. The summed E-state index contributed by atoms with van der Waals surface area (Å²) in [7, 11) is 0. The van der Waals surface area contributed by atoms with Crippen LogP contribution in [0.15, 0.2) is 23.9 Å². The summed E-state index contributed by atoms with van der Waals surface area (Å²) in [6, 6.07) is -0.852. The molecular weight excluding hydrogens is 504 g/mol. The third-order valence-corrected chi connectivity index (χ3v) is 10.5. The van der Waals surface area contributed by atoms with Crippen LogP contribution in [-0.4, -0.2) is 50.0 Å². The Morgan fingerprint density at radius 3 is 2.65 bits per heavy atom. The number of carboxylic acids is 1. The van der Waals surface area contributed by atoms with Crippen molar-refractivity contribution in [1.29, 1.82) is 0 Å². The normalized spacial score (nSPS) is 37.4. The molecular formula is C33H48N2O5. The fraction of sp³-hybridized carbons (Fsp3) is 0.697. The first kappa shape index (κ1) is 29.1. The van der Waals surface area contributed by atoms with Gasteiger partial charge in [0.15, 0.2) is 0 Å². The smallest absolute Gasteiger partial charge is 0.326 e. The molecule has 5 rings (SSSR count). The van der Waals surface area contributed by atoms with E-state index in [9.17, 15) is 19.8 Å². The average Bonchev–Trinajstić information content (AvgIpc) is 3.48. The molecule has 1 saturated carbocycles. The maximum absolute atomic E-state index is 11.8. The second kappa shape index (κ2) is 10.5. The fourth-order valence-corrected chi connectivity index (χ4v) is 8.62. The van der Waals surface area contributed by atoms with E-state index in [1.165, 1.54) is 29.3 Å². The van der Waals surface area contributed by atoms with Crippen LogP contribution in [0, 0.1) is 17.3 Å². The van der Waals surface area contributed by atoms with E-state index in [0.29, 0.717) is 31.1 Å². The molecule has 1 aromatic rings. The zero-order valence-corrected chi connectivity index (χ0v) is 25.1. The zero-order valence-electron chi connectivity index (χ0n) is 25.1. The van der Waals surface area contributed by atoms with Gasteiger partial charge in [0.1, 0.15) is 6.04 Å². The lowest BCUT2D eigenvalue weighted by molar-refractivity contribution is -0.141. The third kappa shape index (κ3) is 5.09. The first-order chi connectivity index (χ1) is 18.8. The number of unbranched alkanes of at least 4 members (excludes halogenated alkanes) is 1. The van der Waals surface area contributed by atoms with Crippen LogP contribution in [0.25, 0.3) is 6.08 Å². The maximum Gasteiger partial charge on any atom is 0.326 e. The molecule has 1 amide bonds. The predicted octanol–water partition coefficient (Wildman–Crippen LogP) is 5.60.